The van der Waals surface area contributed by atoms with Crippen molar-refractivity contribution in [3.8, 4) is 0 Å². The number of rotatable bonds is 2. The van der Waals surface area contributed by atoms with Gasteiger partial charge in [-0.25, -0.2) is 4.39 Å². The van der Waals surface area contributed by atoms with Gasteiger partial charge in [0, 0.05) is 14.6 Å². The van der Waals surface area contributed by atoms with E-state index in [1.807, 2.05) is 24.3 Å². The smallest absolute Gasteiger partial charge is 0.255 e. The molecule has 23 heavy (non-hydrogen) atoms. The van der Waals surface area contributed by atoms with Gasteiger partial charge in [0.1, 0.15) is 11.9 Å². The number of halogens is 3. The van der Waals surface area contributed by atoms with Crippen LogP contribution in [0.4, 0.5) is 4.39 Å². The van der Waals surface area contributed by atoms with Gasteiger partial charge in [0.05, 0.1) is 18.7 Å². The first-order valence-electron chi connectivity index (χ1n) is 7.16. The molecule has 0 aliphatic carbocycles. The van der Waals surface area contributed by atoms with Crippen LogP contribution in [0.5, 0.6) is 0 Å². The fourth-order valence-corrected chi connectivity index (χ4v) is 3.38. The Morgan fingerprint density at radius 3 is 2.74 bits per heavy atom. The molecule has 1 aliphatic rings. The maximum Gasteiger partial charge on any atom is 0.255 e. The molecule has 0 spiro atoms. The molecule has 120 valence electrons. The van der Waals surface area contributed by atoms with Crippen molar-refractivity contribution in [2.75, 3.05) is 19.7 Å². The fourth-order valence-electron chi connectivity index (χ4n) is 2.54. The second-order valence-electron chi connectivity index (χ2n) is 5.29. The van der Waals surface area contributed by atoms with E-state index >= 15 is 0 Å². The van der Waals surface area contributed by atoms with E-state index in [1.54, 1.807) is 11.0 Å². The van der Waals surface area contributed by atoms with Crippen molar-refractivity contribution in [3.05, 3.63) is 67.5 Å². The standard InChI is InChI=1S/C17H14BrFINO2/c18-12-3-1-11(2-4-12)16-10-21(7-8-23-16)17(22)14-9-13(19)5-6-15(14)20/h1-6,9,16H,7-8,10H2. The summed E-state index contributed by atoms with van der Waals surface area (Å²) in [5.41, 5.74) is 1.43. The van der Waals surface area contributed by atoms with E-state index in [0.717, 1.165) is 13.6 Å². The summed E-state index contributed by atoms with van der Waals surface area (Å²) in [6, 6.07) is 12.2. The van der Waals surface area contributed by atoms with Crippen molar-refractivity contribution in [2.24, 2.45) is 0 Å². The first kappa shape index (κ1) is 16.9. The van der Waals surface area contributed by atoms with Gasteiger partial charge >= 0.3 is 0 Å². The van der Waals surface area contributed by atoms with E-state index in [9.17, 15) is 9.18 Å². The molecule has 2 aromatic carbocycles. The number of amides is 1. The third kappa shape index (κ3) is 3.92. The molecule has 0 N–H and O–H groups in total. The molecular formula is C17H14BrFINO2. The monoisotopic (exact) mass is 489 g/mol. The summed E-state index contributed by atoms with van der Waals surface area (Å²) >= 11 is 5.47. The van der Waals surface area contributed by atoms with Crippen LogP contribution in [0.3, 0.4) is 0 Å². The summed E-state index contributed by atoms with van der Waals surface area (Å²) in [5, 5.41) is 0. The molecule has 1 atom stereocenters. The molecule has 0 radical (unpaired) electrons. The van der Waals surface area contributed by atoms with Gasteiger partial charge in [-0.15, -0.1) is 0 Å². The third-order valence-electron chi connectivity index (χ3n) is 3.75. The van der Waals surface area contributed by atoms with E-state index in [4.69, 9.17) is 4.74 Å². The Hall–Kier alpha value is -0.990. The van der Waals surface area contributed by atoms with Crippen LogP contribution in [-0.4, -0.2) is 30.5 Å². The Morgan fingerprint density at radius 2 is 2.00 bits per heavy atom. The topological polar surface area (TPSA) is 29.5 Å². The average molecular weight is 490 g/mol. The highest BCUT2D eigenvalue weighted by Gasteiger charge is 2.27. The van der Waals surface area contributed by atoms with E-state index in [-0.39, 0.29) is 12.0 Å². The zero-order valence-corrected chi connectivity index (χ0v) is 15.9. The molecule has 1 heterocycles. The number of hydrogen-bond acceptors (Lipinski definition) is 2. The van der Waals surface area contributed by atoms with Gasteiger partial charge in [0.2, 0.25) is 0 Å². The van der Waals surface area contributed by atoms with Crippen LogP contribution in [-0.2, 0) is 4.74 Å². The molecule has 1 unspecified atom stereocenters. The van der Waals surface area contributed by atoms with Crippen LogP contribution >= 0.6 is 38.5 Å². The first-order valence-corrected chi connectivity index (χ1v) is 9.03. The molecule has 6 heteroatoms. The maximum absolute atomic E-state index is 13.5. The predicted octanol–water partition coefficient (Wildman–Crippen LogP) is 4.41. The van der Waals surface area contributed by atoms with Crippen molar-refractivity contribution >= 4 is 44.4 Å². The normalized spacial score (nSPS) is 18.0. The Kier molecular flexibility index (Phi) is 5.33. The number of carbonyl (C=O) groups excluding carboxylic acids is 1. The van der Waals surface area contributed by atoms with Crippen molar-refractivity contribution in [2.45, 2.75) is 6.10 Å². The average Bonchev–Trinajstić information content (AvgIpc) is 2.57. The van der Waals surface area contributed by atoms with Gasteiger partial charge < -0.3 is 9.64 Å². The van der Waals surface area contributed by atoms with Gasteiger partial charge in [0.25, 0.3) is 5.91 Å². The number of morpholine rings is 1. The second kappa shape index (κ2) is 7.27. The summed E-state index contributed by atoms with van der Waals surface area (Å²) in [5.74, 6) is -0.550. The van der Waals surface area contributed by atoms with E-state index in [1.165, 1.54) is 12.1 Å². The Morgan fingerprint density at radius 1 is 1.26 bits per heavy atom. The van der Waals surface area contributed by atoms with Gasteiger partial charge in [-0.05, 0) is 58.5 Å². The molecule has 0 bridgehead atoms. The number of hydrogen-bond donors (Lipinski definition) is 0. The molecule has 0 saturated carbocycles. The largest absolute Gasteiger partial charge is 0.370 e. The maximum atomic E-state index is 13.5. The number of ether oxygens (including phenoxy) is 1. The number of carbonyl (C=O) groups is 1. The molecule has 3 rings (SSSR count). The third-order valence-corrected chi connectivity index (χ3v) is 5.22. The number of benzene rings is 2. The van der Waals surface area contributed by atoms with E-state index in [0.29, 0.717) is 25.3 Å². The van der Waals surface area contributed by atoms with Gasteiger partial charge in [-0.2, -0.15) is 0 Å². The number of nitrogens with zero attached hydrogens (tertiary/aromatic N) is 1. The van der Waals surface area contributed by atoms with Gasteiger partial charge in [-0.3, -0.25) is 4.79 Å². The van der Waals surface area contributed by atoms with Crippen LogP contribution < -0.4 is 0 Å². The Balaban J connectivity index is 1.79. The highest BCUT2D eigenvalue weighted by atomic mass is 127. The van der Waals surface area contributed by atoms with Crippen LogP contribution in [0.1, 0.15) is 22.0 Å². The highest BCUT2D eigenvalue weighted by Crippen LogP contribution is 2.25. The molecule has 2 aromatic rings. The quantitative estimate of drug-likeness (QED) is 0.585. The van der Waals surface area contributed by atoms with Gasteiger partial charge in [-0.1, -0.05) is 28.1 Å². The minimum Gasteiger partial charge on any atom is -0.370 e. The molecular weight excluding hydrogens is 476 g/mol. The minimum atomic E-state index is -0.397. The summed E-state index contributed by atoms with van der Waals surface area (Å²) in [6.07, 6.45) is -0.160. The summed E-state index contributed by atoms with van der Waals surface area (Å²) in [6.45, 7) is 1.45. The van der Waals surface area contributed by atoms with Crippen molar-refractivity contribution in [3.63, 3.8) is 0 Å². The SMILES string of the molecule is O=C(c1cc(F)ccc1I)N1CCOC(c2ccc(Br)cc2)C1. The molecule has 1 amide bonds. The lowest BCUT2D eigenvalue weighted by atomic mass is 10.1. The molecule has 1 saturated heterocycles. The van der Waals surface area contributed by atoms with Crippen LogP contribution in [0.25, 0.3) is 0 Å². The van der Waals surface area contributed by atoms with Crippen LogP contribution in [0.2, 0.25) is 0 Å². The van der Waals surface area contributed by atoms with Crippen molar-refractivity contribution < 1.29 is 13.9 Å². The van der Waals surface area contributed by atoms with Crippen LogP contribution in [0, 0.1) is 9.39 Å². The molecule has 1 aliphatic heterocycles. The zero-order valence-electron chi connectivity index (χ0n) is 12.1. The van der Waals surface area contributed by atoms with E-state index in [2.05, 4.69) is 38.5 Å². The fraction of sp³-hybridized carbons (Fsp3) is 0.235. The van der Waals surface area contributed by atoms with Gasteiger partial charge in [0.15, 0.2) is 0 Å². The van der Waals surface area contributed by atoms with Crippen molar-refractivity contribution in [1.29, 1.82) is 0 Å². The molecule has 3 nitrogen and oxygen atoms in total. The summed E-state index contributed by atoms with van der Waals surface area (Å²) in [7, 11) is 0. The lowest BCUT2D eigenvalue weighted by molar-refractivity contribution is -0.0228. The lowest BCUT2D eigenvalue weighted by Gasteiger charge is -2.33. The molecule has 1 fully saturated rings. The van der Waals surface area contributed by atoms with E-state index < -0.39 is 5.82 Å². The predicted molar refractivity (Wildman–Crippen MR) is 97.9 cm³/mol. The molecule has 0 aromatic heterocycles. The van der Waals surface area contributed by atoms with Crippen LogP contribution in [0.15, 0.2) is 46.9 Å². The lowest BCUT2D eigenvalue weighted by Crippen LogP contribution is -2.42. The zero-order chi connectivity index (χ0) is 16.4. The highest BCUT2D eigenvalue weighted by molar-refractivity contribution is 14.1. The second-order valence-corrected chi connectivity index (χ2v) is 7.36. The van der Waals surface area contributed by atoms with Crippen molar-refractivity contribution in [1.82, 2.24) is 4.90 Å². The minimum absolute atomic E-state index is 0.153. The summed E-state index contributed by atoms with van der Waals surface area (Å²) < 4.78 is 21.0. The Labute approximate surface area is 156 Å². The first-order chi connectivity index (χ1) is 11.0. The Bertz CT molecular complexity index is 723. The summed E-state index contributed by atoms with van der Waals surface area (Å²) in [4.78, 5) is 14.4.